The number of benzene rings is 2. The predicted octanol–water partition coefficient (Wildman–Crippen LogP) is 5.35. The number of nitrogens with zero attached hydrogens (tertiary/aromatic N) is 3. The molecule has 1 saturated carbocycles. The molecule has 0 atom stereocenters. The van der Waals surface area contributed by atoms with Crippen molar-refractivity contribution in [3.63, 3.8) is 0 Å². The van der Waals surface area contributed by atoms with Gasteiger partial charge in [0.05, 0.1) is 11.1 Å². The fraction of sp³-hybridized carbons (Fsp3) is 0.214. The number of aromatic amines is 1. The van der Waals surface area contributed by atoms with Crippen molar-refractivity contribution < 1.29 is 14.0 Å². The molecule has 7 nitrogen and oxygen atoms in total. The standard InChI is InChI=1S/C28H26FN5O2/c1-4-24(35)34(3)14-20-13-30-27-25(20)26(31-15-32-27)22-11-21(29)12-23(16(22)2)33-28(36)19-9-7-18(8-10-19)17-5-6-17/h4,7-13,15,17H,1,5-6,14H2,2-3H3,(H,33,36)(H,30,31,32). The molecule has 1 aliphatic rings. The number of rotatable bonds is 7. The van der Waals surface area contributed by atoms with Gasteiger partial charge in [0.15, 0.2) is 0 Å². The maximum Gasteiger partial charge on any atom is 0.255 e. The highest BCUT2D eigenvalue weighted by Gasteiger charge is 2.24. The average Bonchev–Trinajstić information content (AvgIpc) is 3.66. The van der Waals surface area contributed by atoms with E-state index >= 15 is 0 Å². The average molecular weight is 484 g/mol. The maximum absolute atomic E-state index is 14.8. The van der Waals surface area contributed by atoms with Gasteiger partial charge in [0.2, 0.25) is 5.91 Å². The zero-order valence-electron chi connectivity index (χ0n) is 20.1. The molecule has 0 spiro atoms. The van der Waals surface area contributed by atoms with E-state index in [-0.39, 0.29) is 11.8 Å². The van der Waals surface area contributed by atoms with Crippen molar-refractivity contribution in [1.29, 1.82) is 0 Å². The molecule has 36 heavy (non-hydrogen) atoms. The number of hydrogen-bond donors (Lipinski definition) is 2. The van der Waals surface area contributed by atoms with Crippen LogP contribution in [0.15, 0.2) is 61.6 Å². The second-order valence-electron chi connectivity index (χ2n) is 9.13. The quantitative estimate of drug-likeness (QED) is 0.347. The minimum Gasteiger partial charge on any atom is -0.346 e. The third kappa shape index (κ3) is 4.49. The molecule has 0 saturated heterocycles. The zero-order chi connectivity index (χ0) is 25.4. The highest BCUT2D eigenvalue weighted by molar-refractivity contribution is 6.05. The molecule has 5 rings (SSSR count). The molecular formula is C28H26FN5O2. The molecule has 2 N–H and O–H groups in total. The lowest BCUT2D eigenvalue weighted by Crippen LogP contribution is -2.23. The van der Waals surface area contributed by atoms with Gasteiger partial charge in [0, 0.05) is 42.2 Å². The highest BCUT2D eigenvalue weighted by atomic mass is 19.1. The third-order valence-corrected chi connectivity index (χ3v) is 6.61. The fourth-order valence-corrected chi connectivity index (χ4v) is 4.42. The maximum atomic E-state index is 14.8. The molecule has 2 amide bonds. The van der Waals surface area contributed by atoms with Gasteiger partial charge in [-0.25, -0.2) is 14.4 Å². The van der Waals surface area contributed by atoms with Crippen LogP contribution in [0.1, 0.15) is 45.8 Å². The van der Waals surface area contributed by atoms with Crippen LogP contribution in [0.2, 0.25) is 0 Å². The van der Waals surface area contributed by atoms with Crippen molar-refractivity contribution in [1.82, 2.24) is 19.9 Å². The normalized spacial score (nSPS) is 13.0. The van der Waals surface area contributed by atoms with E-state index in [9.17, 15) is 14.0 Å². The number of anilines is 1. The number of hydrogen-bond acceptors (Lipinski definition) is 4. The summed E-state index contributed by atoms with van der Waals surface area (Å²) >= 11 is 0. The van der Waals surface area contributed by atoms with Gasteiger partial charge in [-0.1, -0.05) is 18.7 Å². The number of fused-ring (bicyclic) bond motifs is 1. The number of carbonyl (C=O) groups excluding carboxylic acids is 2. The molecule has 2 aromatic carbocycles. The first kappa shape index (κ1) is 23.4. The van der Waals surface area contributed by atoms with Gasteiger partial charge in [-0.3, -0.25) is 9.59 Å². The molecular weight excluding hydrogens is 457 g/mol. The molecule has 0 bridgehead atoms. The Morgan fingerprint density at radius 1 is 1.22 bits per heavy atom. The summed E-state index contributed by atoms with van der Waals surface area (Å²) in [6, 6.07) is 10.3. The van der Waals surface area contributed by atoms with Gasteiger partial charge >= 0.3 is 0 Å². The van der Waals surface area contributed by atoms with Crippen LogP contribution in [0, 0.1) is 12.7 Å². The Bertz CT molecular complexity index is 1490. The van der Waals surface area contributed by atoms with Gasteiger partial charge in [-0.2, -0.15) is 0 Å². The third-order valence-electron chi connectivity index (χ3n) is 6.61. The summed E-state index contributed by atoms with van der Waals surface area (Å²) in [5.41, 5.74) is 5.18. The first-order chi connectivity index (χ1) is 17.4. The number of carbonyl (C=O) groups is 2. The first-order valence-corrected chi connectivity index (χ1v) is 11.8. The van der Waals surface area contributed by atoms with Crippen LogP contribution in [0.5, 0.6) is 0 Å². The van der Waals surface area contributed by atoms with E-state index in [0.29, 0.717) is 51.6 Å². The summed E-state index contributed by atoms with van der Waals surface area (Å²) in [6.45, 7) is 5.64. The van der Waals surface area contributed by atoms with Crippen LogP contribution in [0.4, 0.5) is 10.1 Å². The molecule has 0 radical (unpaired) electrons. The lowest BCUT2D eigenvalue weighted by atomic mass is 9.99. The summed E-state index contributed by atoms with van der Waals surface area (Å²) < 4.78 is 14.8. The number of nitrogens with one attached hydrogen (secondary N) is 2. The van der Waals surface area contributed by atoms with Gasteiger partial charge < -0.3 is 15.2 Å². The van der Waals surface area contributed by atoms with Crippen LogP contribution in [-0.2, 0) is 11.3 Å². The van der Waals surface area contributed by atoms with Gasteiger partial charge in [-0.05, 0) is 67.2 Å². The van der Waals surface area contributed by atoms with Crippen molar-refractivity contribution in [3.05, 3.63) is 89.6 Å². The summed E-state index contributed by atoms with van der Waals surface area (Å²) in [5.74, 6) is -0.429. The second-order valence-corrected chi connectivity index (χ2v) is 9.13. The molecule has 1 fully saturated rings. The first-order valence-electron chi connectivity index (χ1n) is 11.8. The molecule has 182 valence electrons. The van der Waals surface area contributed by atoms with Crippen molar-refractivity contribution in [3.8, 4) is 11.3 Å². The van der Waals surface area contributed by atoms with Crippen molar-refractivity contribution >= 4 is 28.5 Å². The minimum atomic E-state index is -0.502. The Balaban J connectivity index is 1.50. The molecule has 0 unspecified atom stereocenters. The van der Waals surface area contributed by atoms with E-state index in [1.807, 2.05) is 19.1 Å². The number of H-pyrrole nitrogens is 1. The van der Waals surface area contributed by atoms with Crippen molar-refractivity contribution in [2.24, 2.45) is 0 Å². The number of aromatic nitrogens is 3. The Labute approximate surface area is 208 Å². The minimum absolute atomic E-state index is 0.222. The van der Waals surface area contributed by atoms with Crippen LogP contribution in [-0.4, -0.2) is 38.7 Å². The van der Waals surface area contributed by atoms with Gasteiger partial charge in [0.1, 0.15) is 17.8 Å². The van der Waals surface area contributed by atoms with Gasteiger partial charge in [0.25, 0.3) is 5.91 Å². The molecule has 0 aliphatic heterocycles. The zero-order valence-corrected chi connectivity index (χ0v) is 20.1. The smallest absolute Gasteiger partial charge is 0.255 e. The predicted molar refractivity (Wildman–Crippen MR) is 137 cm³/mol. The SMILES string of the molecule is C=CC(=O)N(C)Cc1c[nH]c2ncnc(-c3cc(F)cc(NC(=O)c4ccc(C5CC5)cc4)c3C)c12. The number of halogens is 1. The van der Waals surface area contributed by atoms with E-state index in [1.165, 1.54) is 47.8 Å². The van der Waals surface area contributed by atoms with E-state index in [1.54, 1.807) is 25.4 Å². The lowest BCUT2D eigenvalue weighted by Gasteiger charge is -2.16. The summed E-state index contributed by atoms with van der Waals surface area (Å²) in [7, 11) is 1.67. The van der Waals surface area contributed by atoms with E-state index in [2.05, 4.69) is 26.8 Å². The Hall–Kier alpha value is -4.33. The van der Waals surface area contributed by atoms with Crippen LogP contribution < -0.4 is 5.32 Å². The van der Waals surface area contributed by atoms with E-state index < -0.39 is 5.82 Å². The molecule has 2 heterocycles. The largest absolute Gasteiger partial charge is 0.346 e. The molecule has 2 aromatic heterocycles. The number of amides is 2. The highest BCUT2D eigenvalue weighted by Crippen LogP contribution is 2.40. The Morgan fingerprint density at radius 2 is 1.97 bits per heavy atom. The summed E-state index contributed by atoms with van der Waals surface area (Å²) in [5, 5.41) is 3.54. The Kier molecular flexibility index (Phi) is 6.10. The van der Waals surface area contributed by atoms with Crippen LogP contribution in [0.25, 0.3) is 22.3 Å². The van der Waals surface area contributed by atoms with E-state index in [0.717, 1.165) is 5.56 Å². The number of likely N-dealkylation sites (N-methyl/N-ethyl adjacent to an activating group) is 1. The summed E-state index contributed by atoms with van der Waals surface area (Å²) in [6.07, 6.45) is 6.80. The van der Waals surface area contributed by atoms with Gasteiger partial charge in [-0.15, -0.1) is 0 Å². The Morgan fingerprint density at radius 3 is 2.67 bits per heavy atom. The van der Waals surface area contributed by atoms with Crippen molar-refractivity contribution in [2.45, 2.75) is 32.2 Å². The summed E-state index contributed by atoms with van der Waals surface area (Å²) in [4.78, 5) is 38.3. The fourth-order valence-electron chi connectivity index (χ4n) is 4.42. The van der Waals surface area contributed by atoms with Crippen molar-refractivity contribution in [2.75, 3.05) is 12.4 Å². The lowest BCUT2D eigenvalue weighted by molar-refractivity contribution is -0.125. The second kappa shape index (κ2) is 9.37. The monoisotopic (exact) mass is 483 g/mol. The van der Waals surface area contributed by atoms with Crippen LogP contribution in [0.3, 0.4) is 0 Å². The molecule has 1 aliphatic carbocycles. The van der Waals surface area contributed by atoms with E-state index in [4.69, 9.17) is 0 Å². The topological polar surface area (TPSA) is 91.0 Å². The molecule has 4 aromatic rings. The molecule has 8 heteroatoms. The van der Waals surface area contributed by atoms with Crippen LogP contribution >= 0.6 is 0 Å².